The predicted molar refractivity (Wildman–Crippen MR) is 105 cm³/mol. The third-order valence-corrected chi connectivity index (χ3v) is 5.43. The van der Waals surface area contributed by atoms with Gasteiger partial charge in [-0.2, -0.15) is 0 Å². The summed E-state index contributed by atoms with van der Waals surface area (Å²) in [7, 11) is 2.13. The molecule has 2 aliphatic rings. The van der Waals surface area contributed by atoms with Crippen LogP contribution in [0.1, 0.15) is 36.4 Å². The van der Waals surface area contributed by atoms with Crippen molar-refractivity contribution in [1.29, 1.82) is 0 Å². The minimum Gasteiger partial charge on any atom is -0.472 e. The van der Waals surface area contributed by atoms with E-state index >= 15 is 0 Å². The number of rotatable bonds is 6. The minimum atomic E-state index is 0.204. The standard InChI is InChI=1S/C21H25N5O/c1-25-10-9-17(14-25)27-20-11-18(22-12-15-5-3-2-4-6-15)21-23-13-19(16-7-8-16)26(21)24-20/h2-6,11,13,16-17,22H,7-10,12,14H2,1H3/t17-/m0/s1. The molecule has 6 nitrogen and oxygen atoms in total. The maximum atomic E-state index is 6.23. The Kier molecular flexibility index (Phi) is 4.20. The van der Waals surface area contributed by atoms with Crippen molar-refractivity contribution in [3.63, 3.8) is 0 Å². The Morgan fingerprint density at radius 1 is 1.19 bits per heavy atom. The van der Waals surface area contributed by atoms with Gasteiger partial charge in [-0.3, -0.25) is 0 Å². The molecule has 2 aromatic heterocycles. The molecule has 3 aromatic rings. The number of aromatic nitrogens is 3. The maximum Gasteiger partial charge on any atom is 0.234 e. The highest BCUT2D eigenvalue weighted by Gasteiger charge is 2.29. The predicted octanol–water partition coefficient (Wildman–Crippen LogP) is 3.30. The number of benzene rings is 1. The second kappa shape index (κ2) is 6.85. The number of anilines is 1. The van der Waals surface area contributed by atoms with Crippen LogP contribution in [0.5, 0.6) is 5.88 Å². The summed E-state index contributed by atoms with van der Waals surface area (Å²) in [6, 6.07) is 12.4. The Hall–Kier alpha value is -2.60. The van der Waals surface area contributed by atoms with Crippen molar-refractivity contribution in [1.82, 2.24) is 19.5 Å². The molecule has 140 valence electrons. The van der Waals surface area contributed by atoms with Gasteiger partial charge in [0.1, 0.15) is 6.10 Å². The molecular formula is C21H25N5O. The highest BCUT2D eigenvalue weighted by molar-refractivity contribution is 5.68. The molecule has 0 spiro atoms. The summed E-state index contributed by atoms with van der Waals surface area (Å²) in [5, 5.41) is 8.31. The molecule has 5 rings (SSSR count). The number of ether oxygens (including phenoxy) is 1. The second-order valence-electron chi connectivity index (χ2n) is 7.72. The molecule has 1 aliphatic heterocycles. The van der Waals surface area contributed by atoms with Gasteiger partial charge in [-0.25, -0.2) is 9.50 Å². The maximum absolute atomic E-state index is 6.23. The summed E-state index contributed by atoms with van der Waals surface area (Å²) in [5.41, 5.74) is 4.29. The van der Waals surface area contributed by atoms with Crippen LogP contribution in [0.15, 0.2) is 42.6 Å². The first-order valence-electron chi connectivity index (χ1n) is 9.78. The highest BCUT2D eigenvalue weighted by Crippen LogP contribution is 2.40. The zero-order chi connectivity index (χ0) is 18.2. The monoisotopic (exact) mass is 363 g/mol. The van der Waals surface area contributed by atoms with Gasteiger partial charge in [-0.1, -0.05) is 30.3 Å². The van der Waals surface area contributed by atoms with Crippen LogP contribution in [-0.2, 0) is 6.54 Å². The van der Waals surface area contributed by atoms with E-state index in [4.69, 9.17) is 9.84 Å². The molecule has 0 unspecified atom stereocenters. The van der Waals surface area contributed by atoms with E-state index in [0.29, 0.717) is 11.8 Å². The van der Waals surface area contributed by atoms with Crippen LogP contribution >= 0.6 is 0 Å². The smallest absolute Gasteiger partial charge is 0.234 e. The first-order chi connectivity index (χ1) is 13.3. The fourth-order valence-corrected chi connectivity index (χ4v) is 3.76. The summed E-state index contributed by atoms with van der Waals surface area (Å²) in [6.07, 6.45) is 5.67. The number of likely N-dealkylation sites (tertiary alicyclic amines) is 1. The zero-order valence-electron chi connectivity index (χ0n) is 15.6. The van der Waals surface area contributed by atoms with E-state index in [2.05, 4.69) is 46.5 Å². The molecule has 27 heavy (non-hydrogen) atoms. The Labute approximate surface area is 159 Å². The van der Waals surface area contributed by atoms with Gasteiger partial charge in [0.25, 0.3) is 0 Å². The fraction of sp³-hybridized carbons (Fsp3) is 0.429. The lowest BCUT2D eigenvalue weighted by molar-refractivity contribution is 0.197. The van der Waals surface area contributed by atoms with Crippen molar-refractivity contribution in [2.75, 3.05) is 25.5 Å². The number of hydrogen-bond donors (Lipinski definition) is 1. The van der Waals surface area contributed by atoms with Crippen molar-refractivity contribution >= 4 is 11.3 Å². The van der Waals surface area contributed by atoms with Gasteiger partial charge < -0.3 is 15.0 Å². The quantitative estimate of drug-likeness (QED) is 0.728. The molecular weight excluding hydrogens is 338 g/mol. The van der Waals surface area contributed by atoms with Crippen molar-refractivity contribution in [3.8, 4) is 5.88 Å². The Bertz CT molecular complexity index is 934. The lowest BCUT2D eigenvalue weighted by atomic mass is 10.2. The molecule has 3 heterocycles. The average molecular weight is 363 g/mol. The van der Waals surface area contributed by atoms with Gasteiger partial charge >= 0.3 is 0 Å². The van der Waals surface area contributed by atoms with Crippen LogP contribution in [0.3, 0.4) is 0 Å². The minimum absolute atomic E-state index is 0.204. The number of nitrogens with zero attached hydrogens (tertiary/aromatic N) is 4. The van der Waals surface area contributed by atoms with E-state index in [1.807, 2.05) is 22.8 Å². The van der Waals surface area contributed by atoms with Gasteiger partial charge in [0.15, 0.2) is 5.65 Å². The van der Waals surface area contributed by atoms with Crippen molar-refractivity contribution in [2.24, 2.45) is 0 Å². The Morgan fingerprint density at radius 3 is 2.78 bits per heavy atom. The van der Waals surface area contributed by atoms with Crippen molar-refractivity contribution in [3.05, 3.63) is 53.9 Å². The first kappa shape index (κ1) is 16.6. The number of imidazole rings is 1. The average Bonchev–Trinajstić information content (AvgIpc) is 3.31. The molecule has 1 aromatic carbocycles. The Balaban J connectivity index is 1.46. The number of likely N-dealkylation sites (N-methyl/N-ethyl adjacent to an activating group) is 1. The van der Waals surface area contributed by atoms with Crippen LogP contribution in [0.25, 0.3) is 5.65 Å². The van der Waals surface area contributed by atoms with E-state index in [1.54, 1.807) is 0 Å². The molecule has 1 saturated heterocycles. The van der Waals surface area contributed by atoms with E-state index in [9.17, 15) is 0 Å². The first-order valence-corrected chi connectivity index (χ1v) is 9.78. The number of hydrogen-bond acceptors (Lipinski definition) is 5. The fourth-order valence-electron chi connectivity index (χ4n) is 3.76. The van der Waals surface area contributed by atoms with Crippen LogP contribution in [0, 0.1) is 0 Å². The highest BCUT2D eigenvalue weighted by atomic mass is 16.5. The van der Waals surface area contributed by atoms with Gasteiger partial charge in [0.05, 0.1) is 17.6 Å². The number of fused-ring (bicyclic) bond motifs is 1. The van der Waals surface area contributed by atoms with Crippen molar-refractivity contribution in [2.45, 2.75) is 37.8 Å². The van der Waals surface area contributed by atoms with Gasteiger partial charge in [-0.15, -0.1) is 5.10 Å². The summed E-state index contributed by atoms with van der Waals surface area (Å²) in [6.45, 7) is 2.77. The van der Waals surface area contributed by atoms with E-state index in [-0.39, 0.29) is 6.10 Å². The summed E-state index contributed by atoms with van der Waals surface area (Å²) in [4.78, 5) is 6.95. The molecule has 0 bridgehead atoms. The molecule has 0 amide bonds. The van der Waals surface area contributed by atoms with E-state index in [0.717, 1.165) is 37.4 Å². The van der Waals surface area contributed by atoms with E-state index in [1.165, 1.54) is 24.1 Å². The summed E-state index contributed by atoms with van der Waals surface area (Å²) < 4.78 is 8.21. The SMILES string of the molecule is CN1CC[C@H](Oc2cc(NCc3ccccc3)c3ncc(C4CC4)n3n2)C1. The second-order valence-corrected chi connectivity index (χ2v) is 7.72. The van der Waals surface area contributed by atoms with Crippen LogP contribution in [0.4, 0.5) is 5.69 Å². The van der Waals surface area contributed by atoms with Crippen LogP contribution < -0.4 is 10.1 Å². The van der Waals surface area contributed by atoms with Crippen LogP contribution in [-0.4, -0.2) is 45.7 Å². The largest absolute Gasteiger partial charge is 0.472 e. The molecule has 1 N–H and O–H groups in total. The lowest BCUT2D eigenvalue weighted by Gasteiger charge is -2.15. The third-order valence-electron chi connectivity index (χ3n) is 5.43. The molecule has 1 saturated carbocycles. The Morgan fingerprint density at radius 2 is 2.04 bits per heavy atom. The third kappa shape index (κ3) is 3.49. The lowest BCUT2D eigenvalue weighted by Crippen LogP contribution is -2.22. The molecule has 2 fully saturated rings. The molecule has 6 heteroatoms. The van der Waals surface area contributed by atoms with Gasteiger partial charge in [-0.05, 0) is 31.9 Å². The van der Waals surface area contributed by atoms with Gasteiger partial charge in [0, 0.05) is 31.6 Å². The van der Waals surface area contributed by atoms with Crippen molar-refractivity contribution < 1.29 is 4.74 Å². The van der Waals surface area contributed by atoms with E-state index < -0.39 is 0 Å². The summed E-state index contributed by atoms with van der Waals surface area (Å²) >= 11 is 0. The molecule has 0 radical (unpaired) electrons. The van der Waals surface area contributed by atoms with Crippen LogP contribution in [0.2, 0.25) is 0 Å². The summed E-state index contributed by atoms with van der Waals surface area (Å²) in [5.74, 6) is 1.26. The normalized spacial score (nSPS) is 20.3. The topological polar surface area (TPSA) is 54.7 Å². The molecule has 1 atom stereocenters. The zero-order valence-corrected chi connectivity index (χ0v) is 15.6. The molecule has 1 aliphatic carbocycles. The van der Waals surface area contributed by atoms with Gasteiger partial charge in [0.2, 0.25) is 5.88 Å². The number of nitrogens with one attached hydrogen (secondary N) is 1.